The monoisotopic (exact) mass is 326 g/mol. The molecule has 19 heavy (non-hydrogen) atoms. The molecule has 0 aromatic heterocycles. The first kappa shape index (κ1) is 14.8. The molecular weight excluding hydrogens is 304 g/mol. The first-order valence-electron chi connectivity index (χ1n) is 6.84. The van der Waals surface area contributed by atoms with Crippen molar-refractivity contribution in [1.82, 2.24) is 4.90 Å². The quantitative estimate of drug-likeness (QED) is 0.904. The number of piperazine rings is 1. The van der Waals surface area contributed by atoms with E-state index >= 15 is 0 Å². The minimum absolute atomic E-state index is 0.447. The fraction of sp³-hybridized carbons (Fsp3) is 0.600. The number of halogens is 1. The zero-order valence-electron chi connectivity index (χ0n) is 12.1. The zero-order valence-corrected chi connectivity index (χ0v) is 13.7. The molecule has 3 unspecified atom stereocenters. The molecule has 0 spiro atoms. The largest absolute Gasteiger partial charge is 0.389 e. The molecule has 1 heterocycles. The van der Waals surface area contributed by atoms with Gasteiger partial charge in [-0.1, -0.05) is 15.9 Å². The standard InChI is InChI=1S/C15H23BrN2O/c1-10-8-18(9-11(2)17(10)4)15-6-5-13(16)7-14(15)12(3)19/h5-7,10-12,19H,8-9H2,1-4H3. The normalized spacial score (nSPS) is 26.5. The Morgan fingerprint density at radius 3 is 2.37 bits per heavy atom. The van der Waals surface area contributed by atoms with Crippen LogP contribution >= 0.6 is 15.9 Å². The van der Waals surface area contributed by atoms with Gasteiger partial charge in [-0.25, -0.2) is 0 Å². The van der Waals surface area contributed by atoms with Gasteiger partial charge in [0, 0.05) is 40.9 Å². The van der Waals surface area contributed by atoms with Crippen LogP contribution in [0.2, 0.25) is 0 Å². The summed E-state index contributed by atoms with van der Waals surface area (Å²) in [5, 5.41) is 9.99. The Bertz CT molecular complexity index is 438. The molecule has 3 atom stereocenters. The maximum atomic E-state index is 9.99. The summed E-state index contributed by atoms with van der Waals surface area (Å²) in [6.45, 7) is 8.34. The second kappa shape index (κ2) is 5.81. The summed E-state index contributed by atoms with van der Waals surface area (Å²) in [6.07, 6.45) is -0.447. The second-order valence-electron chi connectivity index (χ2n) is 5.65. The van der Waals surface area contributed by atoms with Crippen molar-refractivity contribution in [3.63, 3.8) is 0 Å². The van der Waals surface area contributed by atoms with E-state index in [-0.39, 0.29) is 0 Å². The number of benzene rings is 1. The van der Waals surface area contributed by atoms with Crippen molar-refractivity contribution in [2.45, 2.75) is 39.0 Å². The molecule has 1 aliphatic rings. The van der Waals surface area contributed by atoms with E-state index in [2.05, 4.69) is 58.8 Å². The average Bonchev–Trinajstić information content (AvgIpc) is 2.35. The van der Waals surface area contributed by atoms with E-state index < -0.39 is 6.10 Å². The van der Waals surface area contributed by atoms with Crippen molar-refractivity contribution in [1.29, 1.82) is 0 Å². The second-order valence-corrected chi connectivity index (χ2v) is 6.56. The van der Waals surface area contributed by atoms with Gasteiger partial charge in [-0.3, -0.25) is 4.90 Å². The number of hydrogen-bond acceptors (Lipinski definition) is 3. The Labute approximate surface area is 124 Å². The molecule has 4 heteroatoms. The number of aliphatic hydroxyl groups excluding tert-OH is 1. The first-order chi connectivity index (χ1) is 8.90. The molecule has 1 aromatic carbocycles. The third-order valence-electron chi connectivity index (χ3n) is 4.14. The van der Waals surface area contributed by atoms with Crippen LogP contribution in [0.5, 0.6) is 0 Å². The van der Waals surface area contributed by atoms with Crippen molar-refractivity contribution in [3.05, 3.63) is 28.2 Å². The Kier molecular flexibility index (Phi) is 4.54. The molecule has 1 N–H and O–H groups in total. The maximum absolute atomic E-state index is 9.99. The van der Waals surface area contributed by atoms with E-state index in [0.717, 1.165) is 28.8 Å². The van der Waals surface area contributed by atoms with Gasteiger partial charge in [0.15, 0.2) is 0 Å². The van der Waals surface area contributed by atoms with E-state index in [1.807, 2.05) is 13.0 Å². The Hall–Kier alpha value is -0.580. The summed E-state index contributed by atoms with van der Waals surface area (Å²) < 4.78 is 1.02. The lowest BCUT2D eigenvalue weighted by molar-refractivity contribution is 0.168. The van der Waals surface area contributed by atoms with Gasteiger partial charge in [-0.15, -0.1) is 0 Å². The summed E-state index contributed by atoms with van der Waals surface area (Å²) in [4.78, 5) is 4.81. The highest BCUT2D eigenvalue weighted by Gasteiger charge is 2.28. The van der Waals surface area contributed by atoms with Crippen LogP contribution in [-0.4, -0.2) is 42.2 Å². The van der Waals surface area contributed by atoms with Crippen LogP contribution in [-0.2, 0) is 0 Å². The van der Waals surface area contributed by atoms with E-state index in [9.17, 15) is 5.11 Å². The number of likely N-dealkylation sites (N-methyl/N-ethyl adjacent to an activating group) is 1. The molecular formula is C15H23BrN2O. The third-order valence-corrected chi connectivity index (χ3v) is 4.63. The summed E-state index contributed by atoms with van der Waals surface area (Å²) in [5.41, 5.74) is 2.16. The zero-order chi connectivity index (χ0) is 14.2. The van der Waals surface area contributed by atoms with Gasteiger partial charge in [0.25, 0.3) is 0 Å². The molecule has 1 saturated heterocycles. The minimum atomic E-state index is -0.447. The predicted molar refractivity (Wildman–Crippen MR) is 83.7 cm³/mol. The molecule has 0 saturated carbocycles. The van der Waals surface area contributed by atoms with Crippen LogP contribution in [0, 0.1) is 0 Å². The maximum Gasteiger partial charge on any atom is 0.0782 e. The number of hydrogen-bond donors (Lipinski definition) is 1. The number of rotatable bonds is 2. The molecule has 3 nitrogen and oxygen atoms in total. The van der Waals surface area contributed by atoms with Gasteiger partial charge >= 0.3 is 0 Å². The van der Waals surface area contributed by atoms with Crippen molar-refractivity contribution >= 4 is 21.6 Å². The fourth-order valence-corrected chi connectivity index (χ4v) is 3.13. The van der Waals surface area contributed by atoms with E-state index in [4.69, 9.17) is 0 Å². The van der Waals surface area contributed by atoms with Crippen LogP contribution in [0.3, 0.4) is 0 Å². The molecule has 0 radical (unpaired) electrons. The highest BCUT2D eigenvalue weighted by molar-refractivity contribution is 9.10. The predicted octanol–water partition coefficient (Wildman–Crippen LogP) is 3.03. The van der Waals surface area contributed by atoms with Gasteiger partial charge in [-0.2, -0.15) is 0 Å². The average molecular weight is 327 g/mol. The highest BCUT2D eigenvalue weighted by Crippen LogP contribution is 2.31. The molecule has 2 rings (SSSR count). The molecule has 0 bridgehead atoms. The van der Waals surface area contributed by atoms with Crippen molar-refractivity contribution < 1.29 is 5.11 Å². The summed E-state index contributed by atoms with van der Waals surface area (Å²) in [7, 11) is 2.18. The summed E-state index contributed by atoms with van der Waals surface area (Å²) >= 11 is 3.48. The SMILES string of the molecule is CC(O)c1cc(Br)ccc1N1CC(C)N(C)C(C)C1. The van der Waals surface area contributed by atoms with Crippen molar-refractivity contribution in [3.8, 4) is 0 Å². The van der Waals surface area contributed by atoms with Gasteiger partial charge in [-0.05, 0) is 46.0 Å². The van der Waals surface area contributed by atoms with Gasteiger partial charge in [0.1, 0.15) is 0 Å². The lowest BCUT2D eigenvalue weighted by Crippen LogP contribution is -2.55. The van der Waals surface area contributed by atoms with E-state index in [1.165, 1.54) is 0 Å². The topological polar surface area (TPSA) is 26.7 Å². The van der Waals surface area contributed by atoms with E-state index in [1.54, 1.807) is 0 Å². The fourth-order valence-electron chi connectivity index (χ4n) is 2.75. The Balaban J connectivity index is 2.31. The number of anilines is 1. The lowest BCUT2D eigenvalue weighted by atomic mass is 10.0. The highest BCUT2D eigenvalue weighted by atomic mass is 79.9. The van der Waals surface area contributed by atoms with Gasteiger partial charge in [0.2, 0.25) is 0 Å². The summed E-state index contributed by atoms with van der Waals surface area (Å²) in [5.74, 6) is 0. The van der Waals surface area contributed by atoms with Crippen molar-refractivity contribution in [2.75, 3.05) is 25.0 Å². The van der Waals surface area contributed by atoms with Crippen LogP contribution in [0.1, 0.15) is 32.4 Å². The van der Waals surface area contributed by atoms with Crippen molar-refractivity contribution in [2.24, 2.45) is 0 Å². The smallest absolute Gasteiger partial charge is 0.0782 e. The summed E-state index contributed by atoms with van der Waals surface area (Å²) in [6, 6.07) is 7.22. The van der Waals surface area contributed by atoms with Gasteiger partial charge in [0.05, 0.1) is 6.10 Å². The van der Waals surface area contributed by atoms with Gasteiger partial charge < -0.3 is 10.0 Å². The molecule has 0 aliphatic carbocycles. The molecule has 1 aliphatic heterocycles. The Morgan fingerprint density at radius 2 is 1.84 bits per heavy atom. The van der Waals surface area contributed by atoms with Crippen LogP contribution in [0.25, 0.3) is 0 Å². The minimum Gasteiger partial charge on any atom is -0.389 e. The first-order valence-corrected chi connectivity index (χ1v) is 7.64. The molecule has 0 amide bonds. The molecule has 106 valence electrons. The van der Waals surface area contributed by atoms with Crippen LogP contribution in [0.4, 0.5) is 5.69 Å². The molecule has 1 fully saturated rings. The Morgan fingerprint density at radius 1 is 1.26 bits per heavy atom. The molecule has 1 aromatic rings. The lowest BCUT2D eigenvalue weighted by Gasteiger charge is -2.44. The van der Waals surface area contributed by atoms with E-state index in [0.29, 0.717) is 12.1 Å². The van der Waals surface area contributed by atoms with Crippen LogP contribution in [0.15, 0.2) is 22.7 Å². The van der Waals surface area contributed by atoms with Crippen LogP contribution < -0.4 is 4.90 Å². The third kappa shape index (κ3) is 3.12. The number of nitrogens with zero attached hydrogens (tertiary/aromatic N) is 2. The number of aliphatic hydroxyl groups is 1.